The summed E-state index contributed by atoms with van der Waals surface area (Å²) in [5, 5.41) is 12.6. The zero-order valence-corrected chi connectivity index (χ0v) is 11.6. The number of para-hydroxylation sites is 1. The second kappa shape index (κ2) is 5.08. The lowest BCUT2D eigenvalue weighted by molar-refractivity contribution is 0.585. The van der Waals surface area contributed by atoms with Gasteiger partial charge in [0, 0.05) is 23.6 Å². The predicted molar refractivity (Wildman–Crippen MR) is 76.0 cm³/mol. The Bertz CT molecular complexity index is 860. The van der Waals surface area contributed by atoms with Crippen LogP contribution in [0.4, 0.5) is 0 Å². The van der Waals surface area contributed by atoms with E-state index in [0.717, 1.165) is 0 Å². The number of benzene rings is 1. The number of hydrogen-bond donors (Lipinski definition) is 1. The Labute approximate surface area is 121 Å². The molecule has 0 saturated heterocycles. The van der Waals surface area contributed by atoms with Gasteiger partial charge >= 0.3 is 0 Å². The van der Waals surface area contributed by atoms with Crippen LogP contribution in [0.1, 0.15) is 0 Å². The molecule has 3 rings (SSSR count). The van der Waals surface area contributed by atoms with Crippen molar-refractivity contribution in [3.63, 3.8) is 0 Å². The highest BCUT2D eigenvalue weighted by atomic mass is 32.2. The lowest BCUT2D eigenvalue weighted by atomic mass is 10.2. The molecule has 2 aromatic heterocycles. The minimum Gasteiger partial charge on any atom is -0.265 e. The molecule has 106 valence electrons. The van der Waals surface area contributed by atoms with Crippen LogP contribution in [-0.4, -0.2) is 28.2 Å². The normalized spacial score (nSPS) is 11.5. The Hall–Kier alpha value is -2.58. The van der Waals surface area contributed by atoms with E-state index in [1.165, 1.54) is 4.57 Å². The van der Waals surface area contributed by atoms with Gasteiger partial charge in [-0.25, -0.2) is 13.6 Å². The highest BCUT2D eigenvalue weighted by Crippen LogP contribution is 2.23. The molecular formula is C13H11N5O2S. The largest absolute Gasteiger partial charge is 0.274 e. The number of hydrogen-bond acceptors (Lipinski definition) is 5. The lowest BCUT2D eigenvalue weighted by Gasteiger charge is -2.08. The number of sulfonamides is 1. The van der Waals surface area contributed by atoms with Crippen LogP contribution in [0.2, 0.25) is 0 Å². The molecule has 0 atom stereocenters. The summed E-state index contributed by atoms with van der Waals surface area (Å²) in [6, 6.07) is 12.4. The molecule has 0 bridgehead atoms. The highest BCUT2D eigenvalue weighted by Gasteiger charge is 2.23. The van der Waals surface area contributed by atoms with Crippen LogP contribution < -0.4 is 5.14 Å². The Morgan fingerprint density at radius 3 is 2.38 bits per heavy atom. The van der Waals surface area contributed by atoms with Gasteiger partial charge in [-0.15, -0.1) is 10.2 Å². The molecular weight excluding hydrogens is 290 g/mol. The minimum absolute atomic E-state index is 0.312. The third-order valence-corrected chi connectivity index (χ3v) is 3.60. The van der Waals surface area contributed by atoms with E-state index in [2.05, 4.69) is 15.2 Å². The summed E-state index contributed by atoms with van der Waals surface area (Å²) >= 11 is 0. The Morgan fingerprint density at radius 2 is 1.76 bits per heavy atom. The molecule has 8 heteroatoms. The second-order valence-electron chi connectivity index (χ2n) is 4.26. The van der Waals surface area contributed by atoms with Gasteiger partial charge in [-0.3, -0.25) is 9.55 Å². The summed E-state index contributed by atoms with van der Waals surface area (Å²) < 4.78 is 24.8. The van der Waals surface area contributed by atoms with E-state index in [9.17, 15) is 8.42 Å². The van der Waals surface area contributed by atoms with Crippen LogP contribution >= 0.6 is 0 Å². The first-order chi connectivity index (χ1) is 10.1. The van der Waals surface area contributed by atoms with Crippen molar-refractivity contribution in [2.75, 3.05) is 0 Å². The molecule has 0 unspecified atom stereocenters. The van der Waals surface area contributed by atoms with E-state index >= 15 is 0 Å². The molecule has 0 saturated carbocycles. The highest BCUT2D eigenvalue weighted by molar-refractivity contribution is 7.89. The van der Waals surface area contributed by atoms with E-state index in [1.807, 2.05) is 6.07 Å². The van der Waals surface area contributed by atoms with Crippen molar-refractivity contribution in [2.24, 2.45) is 5.14 Å². The van der Waals surface area contributed by atoms with Gasteiger partial charge in [0.15, 0.2) is 5.82 Å². The van der Waals surface area contributed by atoms with Crippen LogP contribution in [0.5, 0.6) is 0 Å². The van der Waals surface area contributed by atoms with Gasteiger partial charge in [0.1, 0.15) is 0 Å². The molecule has 2 heterocycles. The van der Waals surface area contributed by atoms with E-state index in [4.69, 9.17) is 5.14 Å². The molecule has 1 aromatic carbocycles. The number of primary sulfonamides is 1. The second-order valence-corrected chi connectivity index (χ2v) is 5.72. The average molecular weight is 301 g/mol. The molecule has 0 amide bonds. The van der Waals surface area contributed by atoms with Gasteiger partial charge in [0.2, 0.25) is 0 Å². The SMILES string of the molecule is NS(=O)(=O)c1nnc(-c2cccnc2)n1-c1ccccc1. The summed E-state index contributed by atoms with van der Waals surface area (Å²) in [5.41, 5.74) is 1.24. The molecule has 0 fully saturated rings. The van der Waals surface area contributed by atoms with Crippen molar-refractivity contribution in [3.05, 3.63) is 54.9 Å². The fourth-order valence-corrected chi connectivity index (χ4v) is 2.55. The zero-order valence-electron chi connectivity index (χ0n) is 10.8. The van der Waals surface area contributed by atoms with Crippen LogP contribution in [0, 0.1) is 0 Å². The quantitative estimate of drug-likeness (QED) is 0.776. The summed E-state index contributed by atoms with van der Waals surface area (Å²) in [5.74, 6) is 0.360. The Morgan fingerprint density at radius 1 is 1.00 bits per heavy atom. The van der Waals surface area contributed by atoms with Gasteiger partial charge in [-0.2, -0.15) is 0 Å². The van der Waals surface area contributed by atoms with Crippen molar-refractivity contribution >= 4 is 10.0 Å². The summed E-state index contributed by atoms with van der Waals surface area (Å²) in [6.45, 7) is 0. The molecule has 2 N–H and O–H groups in total. The zero-order chi connectivity index (χ0) is 14.9. The maximum Gasteiger partial charge on any atom is 0.274 e. The fourth-order valence-electron chi connectivity index (χ4n) is 1.95. The topological polar surface area (TPSA) is 104 Å². The summed E-state index contributed by atoms with van der Waals surface area (Å²) in [7, 11) is -4.00. The predicted octanol–water partition coefficient (Wildman–Crippen LogP) is 0.977. The molecule has 0 spiro atoms. The molecule has 21 heavy (non-hydrogen) atoms. The van der Waals surface area contributed by atoms with Crippen LogP contribution in [0.15, 0.2) is 60.0 Å². The first kappa shape index (κ1) is 13.4. The first-order valence-corrected chi connectivity index (χ1v) is 7.56. The Balaban J connectivity index is 2.31. The van der Waals surface area contributed by atoms with Crippen LogP contribution in [-0.2, 0) is 10.0 Å². The lowest BCUT2D eigenvalue weighted by Crippen LogP contribution is -2.18. The van der Waals surface area contributed by atoms with Gasteiger partial charge in [0.25, 0.3) is 15.2 Å². The van der Waals surface area contributed by atoms with E-state index in [1.54, 1.807) is 48.8 Å². The maximum atomic E-state index is 11.7. The van der Waals surface area contributed by atoms with Crippen molar-refractivity contribution in [3.8, 4) is 17.1 Å². The first-order valence-electron chi connectivity index (χ1n) is 6.01. The summed E-state index contributed by atoms with van der Waals surface area (Å²) in [4.78, 5) is 4.01. The molecule has 0 radical (unpaired) electrons. The third kappa shape index (κ3) is 2.54. The van der Waals surface area contributed by atoms with Crippen molar-refractivity contribution in [1.29, 1.82) is 0 Å². The van der Waals surface area contributed by atoms with Gasteiger partial charge < -0.3 is 0 Å². The van der Waals surface area contributed by atoms with Gasteiger partial charge in [0.05, 0.1) is 0 Å². The molecule has 3 aromatic rings. The van der Waals surface area contributed by atoms with Gasteiger partial charge in [-0.05, 0) is 24.3 Å². The van der Waals surface area contributed by atoms with E-state index in [-0.39, 0.29) is 5.16 Å². The number of aromatic nitrogens is 4. The molecule has 7 nitrogen and oxygen atoms in total. The fraction of sp³-hybridized carbons (Fsp3) is 0. The number of pyridine rings is 1. The monoisotopic (exact) mass is 301 g/mol. The summed E-state index contributed by atoms with van der Waals surface area (Å²) in [6.07, 6.45) is 3.20. The molecule has 0 aliphatic carbocycles. The standard InChI is InChI=1S/C13H11N5O2S/c14-21(19,20)13-17-16-12(10-5-4-8-15-9-10)18(13)11-6-2-1-3-7-11/h1-9H,(H2,14,19,20). The van der Waals surface area contributed by atoms with Crippen molar-refractivity contribution in [2.45, 2.75) is 5.16 Å². The van der Waals surface area contributed by atoms with Gasteiger partial charge in [-0.1, -0.05) is 18.2 Å². The van der Waals surface area contributed by atoms with E-state index in [0.29, 0.717) is 17.1 Å². The van der Waals surface area contributed by atoms with Crippen LogP contribution in [0.3, 0.4) is 0 Å². The smallest absolute Gasteiger partial charge is 0.265 e. The third-order valence-electron chi connectivity index (χ3n) is 2.82. The molecule has 0 aliphatic heterocycles. The molecule has 0 aliphatic rings. The maximum absolute atomic E-state index is 11.7. The number of nitrogens with zero attached hydrogens (tertiary/aromatic N) is 4. The number of nitrogens with two attached hydrogens (primary N) is 1. The number of rotatable bonds is 3. The average Bonchev–Trinajstić information content (AvgIpc) is 2.94. The van der Waals surface area contributed by atoms with Crippen molar-refractivity contribution < 1.29 is 8.42 Å². The Kier molecular flexibility index (Phi) is 3.24. The van der Waals surface area contributed by atoms with E-state index < -0.39 is 10.0 Å². The minimum atomic E-state index is -4.00. The van der Waals surface area contributed by atoms with Crippen LogP contribution in [0.25, 0.3) is 17.1 Å². The van der Waals surface area contributed by atoms with Crippen molar-refractivity contribution in [1.82, 2.24) is 19.7 Å².